The van der Waals surface area contributed by atoms with Crippen molar-refractivity contribution in [3.8, 4) is 0 Å². The van der Waals surface area contributed by atoms with E-state index in [9.17, 15) is 5.11 Å². The summed E-state index contributed by atoms with van der Waals surface area (Å²) in [4.78, 5) is 1.16. The molecule has 4 heteroatoms. The summed E-state index contributed by atoms with van der Waals surface area (Å²) in [7, 11) is 0. The van der Waals surface area contributed by atoms with Crippen molar-refractivity contribution in [1.29, 1.82) is 0 Å². The van der Waals surface area contributed by atoms with E-state index >= 15 is 0 Å². The smallest absolute Gasteiger partial charge is 0.0927 e. The van der Waals surface area contributed by atoms with Gasteiger partial charge in [-0.15, -0.1) is 11.3 Å². The first-order valence-electron chi connectivity index (χ1n) is 5.20. The van der Waals surface area contributed by atoms with Gasteiger partial charge in [0.1, 0.15) is 0 Å². The minimum atomic E-state index is -0.868. The van der Waals surface area contributed by atoms with Crippen LogP contribution < -0.4 is 0 Å². The summed E-state index contributed by atoms with van der Waals surface area (Å²) in [5, 5.41) is 12.6. The predicted molar refractivity (Wildman–Crippen MR) is 79.4 cm³/mol. The van der Waals surface area contributed by atoms with Crippen molar-refractivity contribution >= 4 is 43.2 Å². The molecule has 0 fully saturated rings. The molecule has 0 amide bonds. The SMILES string of the molecule is CC(O)(Cc1sccc1Br)c1ccccc1Br. The zero-order valence-electron chi connectivity index (χ0n) is 9.28. The molecule has 2 rings (SSSR count). The predicted octanol–water partition coefficient (Wildman–Crippen LogP) is 4.72. The molecule has 0 aliphatic carbocycles. The molecule has 17 heavy (non-hydrogen) atoms. The lowest BCUT2D eigenvalue weighted by Crippen LogP contribution is -2.24. The molecule has 1 unspecified atom stereocenters. The van der Waals surface area contributed by atoms with E-state index in [0.29, 0.717) is 6.42 Å². The van der Waals surface area contributed by atoms with Gasteiger partial charge in [0, 0.05) is 20.2 Å². The maximum absolute atomic E-state index is 10.6. The van der Waals surface area contributed by atoms with E-state index in [1.807, 2.05) is 42.6 Å². The number of thiophene rings is 1. The normalized spacial score (nSPS) is 14.6. The van der Waals surface area contributed by atoms with Crippen LogP contribution in [0.1, 0.15) is 17.4 Å². The maximum atomic E-state index is 10.6. The van der Waals surface area contributed by atoms with Crippen molar-refractivity contribution in [2.45, 2.75) is 18.9 Å². The van der Waals surface area contributed by atoms with Crippen LogP contribution >= 0.6 is 43.2 Å². The third-order valence-electron chi connectivity index (χ3n) is 2.65. The molecule has 0 bridgehead atoms. The standard InChI is InChI=1S/C13H12Br2OS/c1-13(16,8-12-11(15)6-7-17-12)9-4-2-3-5-10(9)14/h2-7,16H,8H2,1H3. The van der Waals surface area contributed by atoms with Gasteiger partial charge in [-0.25, -0.2) is 0 Å². The first-order chi connectivity index (χ1) is 8.00. The Labute approximate surface area is 122 Å². The monoisotopic (exact) mass is 374 g/mol. The molecular weight excluding hydrogens is 364 g/mol. The van der Waals surface area contributed by atoms with Crippen LogP contribution in [0.2, 0.25) is 0 Å². The summed E-state index contributed by atoms with van der Waals surface area (Å²) in [5.41, 5.74) is 0.0494. The molecule has 0 aliphatic rings. The molecule has 1 N–H and O–H groups in total. The number of hydrogen-bond acceptors (Lipinski definition) is 2. The lowest BCUT2D eigenvalue weighted by atomic mass is 9.92. The highest BCUT2D eigenvalue weighted by Crippen LogP contribution is 2.34. The number of halogens is 2. The Bertz CT molecular complexity index is 520. The minimum absolute atomic E-state index is 0.605. The van der Waals surface area contributed by atoms with Crippen LogP contribution in [0.15, 0.2) is 44.7 Å². The average Bonchev–Trinajstić information content (AvgIpc) is 2.64. The fourth-order valence-corrected chi connectivity index (χ4v) is 4.11. The topological polar surface area (TPSA) is 20.2 Å². The van der Waals surface area contributed by atoms with Crippen LogP contribution in [0.5, 0.6) is 0 Å². The van der Waals surface area contributed by atoms with Crippen LogP contribution in [0.25, 0.3) is 0 Å². The summed E-state index contributed by atoms with van der Waals surface area (Å²) in [5.74, 6) is 0. The Hall–Kier alpha value is -0.160. The summed E-state index contributed by atoms with van der Waals surface area (Å²) in [6.07, 6.45) is 0.605. The number of aliphatic hydroxyl groups is 1. The minimum Gasteiger partial charge on any atom is -0.385 e. The van der Waals surface area contributed by atoms with Crippen molar-refractivity contribution in [3.63, 3.8) is 0 Å². The molecule has 0 spiro atoms. The highest BCUT2D eigenvalue weighted by molar-refractivity contribution is 9.10. The van der Waals surface area contributed by atoms with Gasteiger partial charge < -0.3 is 5.11 Å². The lowest BCUT2D eigenvalue weighted by molar-refractivity contribution is 0.0576. The largest absolute Gasteiger partial charge is 0.385 e. The second-order valence-electron chi connectivity index (χ2n) is 4.12. The number of benzene rings is 1. The Balaban J connectivity index is 2.31. The molecule has 0 saturated heterocycles. The van der Waals surface area contributed by atoms with E-state index in [1.165, 1.54) is 0 Å². The second kappa shape index (κ2) is 5.22. The summed E-state index contributed by atoms with van der Waals surface area (Å²) >= 11 is 8.64. The lowest BCUT2D eigenvalue weighted by Gasteiger charge is -2.24. The zero-order chi connectivity index (χ0) is 12.5. The second-order valence-corrected chi connectivity index (χ2v) is 6.83. The van der Waals surface area contributed by atoms with Crippen molar-refractivity contribution in [1.82, 2.24) is 0 Å². The Morgan fingerprint density at radius 3 is 2.47 bits per heavy atom. The molecule has 0 aliphatic heterocycles. The van der Waals surface area contributed by atoms with Crippen molar-refractivity contribution in [2.75, 3.05) is 0 Å². The van der Waals surface area contributed by atoms with Crippen molar-refractivity contribution < 1.29 is 5.11 Å². The van der Waals surface area contributed by atoms with Gasteiger partial charge in [-0.2, -0.15) is 0 Å². The average molecular weight is 376 g/mol. The number of rotatable bonds is 3. The summed E-state index contributed by atoms with van der Waals surface area (Å²) in [6, 6.07) is 9.80. The zero-order valence-corrected chi connectivity index (χ0v) is 13.3. The fourth-order valence-electron chi connectivity index (χ4n) is 1.76. The van der Waals surface area contributed by atoms with Crippen molar-refractivity contribution in [3.05, 3.63) is 55.1 Å². The van der Waals surface area contributed by atoms with Gasteiger partial charge >= 0.3 is 0 Å². The van der Waals surface area contributed by atoms with Gasteiger partial charge in [0.15, 0.2) is 0 Å². The van der Waals surface area contributed by atoms with Crippen molar-refractivity contribution in [2.24, 2.45) is 0 Å². The molecule has 2 aromatic rings. The van der Waals surface area contributed by atoms with E-state index in [4.69, 9.17) is 0 Å². The molecule has 1 heterocycles. The third kappa shape index (κ3) is 2.99. The maximum Gasteiger partial charge on any atom is 0.0927 e. The molecule has 90 valence electrons. The van der Waals surface area contributed by atoms with E-state index in [0.717, 1.165) is 19.4 Å². The van der Waals surface area contributed by atoms with Gasteiger partial charge in [-0.3, -0.25) is 0 Å². The van der Waals surface area contributed by atoms with E-state index in [1.54, 1.807) is 11.3 Å². The van der Waals surface area contributed by atoms with Crippen LogP contribution in [-0.2, 0) is 12.0 Å². The molecule has 1 aromatic heterocycles. The van der Waals surface area contributed by atoms with Gasteiger partial charge in [0.2, 0.25) is 0 Å². The molecule has 0 saturated carbocycles. The Morgan fingerprint density at radius 1 is 1.18 bits per heavy atom. The fraction of sp³-hybridized carbons (Fsp3) is 0.231. The van der Waals surface area contributed by atoms with Crippen LogP contribution in [-0.4, -0.2) is 5.11 Å². The molecule has 1 aromatic carbocycles. The first-order valence-corrected chi connectivity index (χ1v) is 7.66. The molecule has 0 radical (unpaired) electrons. The summed E-state index contributed by atoms with van der Waals surface area (Å²) < 4.78 is 2.01. The van der Waals surface area contributed by atoms with Gasteiger partial charge in [-0.05, 0) is 45.9 Å². The molecule has 1 atom stereocenters. The van der Waals surface area contributed by atoms with Gasteiger partial charge in [0.25, 0.3) is 0 Å². The highest BCUT2D eigenvalue weighted by atomic mass is 79.9. The van der Waals surface area contributed by atoms with Crippen LogP contribution in [0.3, 0.4) is 0 Å². The van der Waals surface area contributed by atoms with Gasteiger partial charge in [0.05, 0.1) is 5.60 Å². The quantitative estimate of drug-likeness (QED) is 0.822. The van der Waals surface area contributed by atoms with Crippen LogP contribution in [0, 0.1) is 0 Å². The van der Waals surface area contributed by atoms with E-state index in [2.05, 4.69) is 31.9 Å². The molecule has 1 nitrogen and oxygen atoms in total. The van der Waals surface area contributed by atoms with E-state index in [-0.39, 0.29) is 0 Å². The van der Waals surface area contributed by atoms with E-state index < -0.39 is 5.60 Å². The third-order valence-corrected chi connectivity index (χ3v) is 5.27. The Kier molecular flexibility index (Phi) is 4.08. The van der Waals surface area contributed by atoms with Crippen LogP contribution in [0.4, 0.5) is 0 Å². The first kappa shape index (κ1) is 13.3. The van der Waals surface area contributed by atoms with Gasteiger partial charge in [-0.1, -0.05) is 34.1 Å². The highest BCUT2D eigenvalue weighted by Gasteiger charge is 2.26. The number of hydrogen-bond donors (Lipinski definition) is 1. The molecular formula is C13H12Br2OS. The summed E-state index contributed by atoms with van der Waals surface area (Å²) in [6.45, 7) is 1.85. The Morgan fingerprint density at radius 2 is 1.88 bits per heavy atom.